The largest absolute Gasteiger partial charge is 0.490 e. The second kappa shape index (κ2) is 8.00. The fraction of sp³-hybridized carbons (Fsp3) is 0.533. The summed E-state index contributed by atoms with van der Waals surface area (Å²) in [5.41, 5.74) is 6.79. The van der Waals surface area contributed by atoms with Gasteiger partial charge in [-0.15, -0.1) is 0 Å². The third-order valence-corrected chi connectivity index (χ3v) is 2.91. The average Bonchev–Trinajstić information content (AvgIpc) is 2.32. The molecule has 1 unspecified atom stereocenters. The van der Waals surface area contributed by atoms with Gasteiger partial charge in [0.15, 0.2) is 11.5 Å². The molecular weight excluding hydrogens is 258 g/mol. The van der Waals surface area contributed by atoms with Gasteiger partial charge in [0.2, 0.25) is 0 Å². The molecule has 0 spiro atoms. The van der Waals surface area contributed by atoms with Gasteiger partial charge in [-0.3, -0.25) is 0 Å². The van der Waals surface area contributed by atoms with Crippen molar-refractivity contribution < 1.29 is 9.47 Å². The first-order chi connectivity index (χ1) is 9.06. The minimum Gasteiger partial charge on any atom is -0.490 e. The summed E-state index contributed by atoms with van der Waals surface area (Å²) in [7, 11) is 0. The van der Waals surface area contributed by atoms with Crippen LogP contribution in [0.1, 0.15) is 32.8 Å². The molecule has 1 aromatic rings. The number of ether oxygens (including phenoxy) is 2. The van der Waals surface area contributed by atoms with Crippen molar-refractivity contribution in [3.8, 4) is 11.5 Å². The summed E-state index contributed by atoms with van der Waals surface area (Å²) in [6.07, 6.45) is 1.70. The van der Waals surface area contributed by atoms with E-state index in [1.165, 1.54) is 5.56 Å². The Balaban J connectivity index is 2.79. The Morgan fingerprint density at radius 2 is 1.84 bits per heavy atom. The zero-order valence-electron chi connectivity index (χ0n) is 11.9. The van der Waals surface area contributed by atoms with E-state index in [0.717, 1.165) is 24.3 Å². The van der Waals surface area contributed by atoms with Gasteiger partial charge < -0.3 is 15.2 Å². The van der Waals surface area contributed by atoms with E-state index in [1.54, 1.807) is 0 Å². The van der Waals surface area contributed by atoms with Gasteiger partial charge in [-0.2, -0.15) is 0 Å². The fourth-order valence-electron chi connectivity index (χ4n) is 2.04. The summed E-state index contributed by atoms with van der Waals surface area (Å²) in [6, 6.07) is 6.09. The third-order valence-electron chi connectivity index (χ3n) is 2.74. The summed E-state index contributed by atoms with van der Waals surface area (Å²) in [5.74, 6) is 2.05. The van der Waals surface area contributed by atoms with Crippen molar-refractivity contribution in [1.29, 1.82) is 0 Å². The van der Waals surface area contributed by atoms with Gasteiger partial charge in [-0.25, -0.2) is 0 Å². The van der Waals surface area contributed by atoms with Gasteiger partial charge in [0.05, 0.1) is 18.2 Å². The molecule has 0 aromatic heterocycles. The number of hydrogen-bond acceptors (Lipinski definition) is 3. The van der Waals surface area contributed by atoms with Gasteiger partial charge in [0.1, 0.15) is 0 Å². The highest BCUT2D eigenvalue weighted by Gasteiger charge is 2.09. The van der Waals surface area contributed by atoms with Crippen LogP contribution in [0.15, 0.2) is 18.2 Å². The maximum absolute atomic E-state index is 5.62. The van der Waals surface area contributed by atoms with Crippen LogP contribution in [0.2, 0.25) is 0 Å². The van der Waals surface area contributed by atoms with Gasteiger partial charge >= 0.3 is 0 Å². The van der Waals surface area contributed by atoms with Crippen molar-refractivity contribution in [3.63, 3.8) is 0 Å². The lowest BCUT2D eigenvalue weighted by Gasteiger charge is -2.14. The smallest absolute Gasteiger partial charge is 0.161 e. The Kier molecular flexibility index (Phi) is 6.64. The van der Waals surface area contributed by atoms with Gasteiger partial charge in [-0.1, -0.05) is 25.2 Å². The summed E-state index contributed by atoms with van der Waals surface area (Å²) >= 11 is 4.94. The number of hydrogen-bond donors (Lipinski definition) is 1. The van der Waals surface area contributed by atoms with Crippen LogP contribution in [0, 0.1) is 5.92 Å². The van der Waals surface area contributed by atoms with Crippen molar-refractivity contribution in [2.24, 2.45) is 11.7 Å². The van der Waals surface area contributed by atoms with E-state index in [4.69, 9.17) is 27.4 Å². The molecule has 2 N–H and O–H groups in total. The predicted octanol–water partition coefficient (Wildman–Crippen LogP) is 3.34. The second-order valence-corrected chi connectivity index (χ2v) is 5.15. The molecule has 0 saturated carbocycles. The highest BCUT2D eigenvalue weighted by Crippen LogP contribution is 2.29. The summed E-state index contributed by atoms with van der Waals surface area (Å²) in [6.45, 7) is 7.35. The van der Waals surface area contributed by atoms with Gasteiger partial charge in [-0.05, 0) is 43.9 Å². The molecule has 106 valence electrons. The molecule has 0 bridgehead atoms. The topological polar surface area (TPSA) is 44.5 Å². The van der Waals surface area contributed by atoms with E-state index in [9.17, 15) is 0 Å². The summed E-state index contributed by atoms with van der Waals surface area (Å²) in [5, 5.41) is 0. The van der Waals surface area contributed by atoms with Crippen LogP contribution < -0.4 is 15.2 Å². The van der Waals surface area contributed by atoms with Crippen LogP contribution in [-0.4, -0.2) is 18.2 Å². The minimum absolute atomic E-state index is 0.435. The zero-order valence-corrected chi connectivity index (χ0v) is 12.8. The Morgan fingerprint density at radius 1 is 1.21 bits per heavy atom. The SMILES string of the molecule is CCOc1ccc(CC(C)CC(N)=S)cc1OCC. The van der Waals surface area contributed by atoms with Gasteiger partial charge in [0, 0.05) is 6.42 Å². The molecule has 0 fully saturated rings. The number of rotatable bonds is 8. The van der Waals surface area contributed by atoms with Crippen molar-refractivity contribution in [3.05, 3.63) is 23.8 Å². The first kappa shape index (κ1) is 15.8. The van der Waals surface area contributed by atoms with E-state index in [1.807, 2.05) is 26.0 Å². The van der Waals surface area contributed by atoms with Crippen LogP contribution in [0.4, 0.5) is 0 Å². The zero-order chi connectivity index (χ0) is 14.3. The van der Waals surface area contributed by atoms with Gasteiger partial charge in [0.25, 0.3) is 0 Å². The summed E-state index contributed by atoms with van der Waals surface area (Å²) < 4.78 is 11.2. The quantitative estimate of drug-likeness (QED) is 0.742. The van der Waals surface area contributed by atoms with E-state index < -0.39 is 0 Å². The fourth-order valence-corrected chi connectivity index (χ4v) is 2.32. The van der Waals surface area contributed by atoms with Crippen LogP contribution in [0.5, 0.6) is 11.5 Å². The molecule has 0 saturated heterocycles. The Bertz CT molecular complexity index is 421. The molecular formula is C15H23NO2S. The van der Waals surface area contributed by atoms with Crippen LogP contribution in [0.3, 0.4) is 0 Å². The van der Waals surface area contributed by atoms with Crippen molar-refractivity contribution in [1.82, 2.24) is 0 Å². The lowest BCUT2D eigenvalue weighted by Crippen LogP contribution is -2.14. The Labute approximate surface area is 121 Å². The maximum atomic E-state index is 5.62. The molecule has 19 heavy (non-hydrogen) atoms. The monoisotopic (exact) mass is 281 g/mol. The molecule has 1 aromatic carbocycles. The van der Waals surface area contributed by atoms with Crippen LogP contribution >= 0.6 is 12.2 Å². The van der Waals surface area contributed by atoms with E-state index in [-0.39, 0.29) is 0 Å². The first-order valence-corrected chi connectivity index (χ1v) is 7.14. The Hall–Kier alpha value is -1.29. The first-order valence-electron chi connectivity index (χ1n) is 6.73. The molecule has 0 aliphatic carbocycles. The molecule has 0 heterocycles. The lowest BCUT2D eigenvalue weighted by atomic mass is 9.98. The Morgan fingerprint density at radius 3 is 2.42 bits per heavy atom. The molecule has 0 aliphatic rings. The molecule has 0 radical (unpaired) electrons. The standard InChI is InChI=1S/C15H23NO2S/c1-4-17-13-7-6-12(10-14(13)18-5-2)8-11(3)9-15(16)19/h6-7,10-11H,4-5,8-9H2,1-3H3,(H2,16,19). The molecule has 0 aliphatic heterocycles. The molecule has 4 heteroatoms. The number of thiocarbonyl (C=S) groups is 1. The van der Waals surface area contributed by atoms with Crippen LogP contribution in [0.25, 0.3) is 0 Å². The molecule has 0 amide bonds. The van der Waals surface area contributed by atoms with E-state index in [0.29, 0.717) is 24.1 Å². The molecule has 3 nitrogen and oxygen atoms in total. The van der Waals surface area contributed by atoms with Crippen molar-refractivity contribution in [2.75, 3.05) is 13.2 Å². The van der Waals surface area contributed by atoms with E-state index >= 15 is 0 Å². The third kappa shape index (κ3) is 5.47. The van der Waals surface area contributed by atoms with Crippen molar-refractivity contribution >= 4 is 17.2 Å². The highest BCUT2D eigenvalue weighted by atomic mass is 32.1. The van der Waals surface area contributed by atoms with E-state index in [2.05, 4.69) is 13.0 Å². The second-order valence-electron chi connectivity index (χ2n) is 4.63. The molecule has 1 atom stereocenters. The predicted molar refractivity (Wildman–Crippen MR) is 83.1 cm³/mol. The maximum Gasteiger partial charge on any atom is 0.161 e. The van der Waals surface area contributed by atoms with Crippen LogP contribution in [-0.2, 0) is 6.42 Å². The highest BCUT2D eigenvalue weighted by molar-refractivity contribution is 7.80. The average molecular weight is 281 g/mol. The lowest BCUT2D eigenvalue weighted by molar-refractivity contribution is 0.287. The molecule has 1 rings (SSSR count). The normalized spacial score (nSPS) is 11.9. The van der Waals surface area contributed by atoms with Crippen molar-refractivity contribution in [2.45, 2.75) is 33.6 Å². The number of nitrogens with two attached hydrogens (primary N) is 1. The minimum atomic E-state index is 0.435. The number of benzene rings is 1. The summed E-state index contributed by atoms with van der Waals surface area (Å²) in [4.78, 5) is 0.573.